The van der Waals surface area contributed by atoms with Gasteiger partial charge in [0.05, 0.1) is 16.9 Å². The van der Waals surface area contributed by atoms with Crippen LogP contribution in [0.25, 0.3) is 11.3 Å². The smallest absolute Gasteiger partial charge is 0.262 e. The van der Waals surface area contributed by atoms with Gasteiger partial charge in [0, 0.05) is 12.6 Å². The Morgan fingerprint density at radius 3 is 2.22 bits per heavy atom. The van der Waals surface area contributed by atoms with Crippen LogP contribution >= 0.6 is 23.1 Å². The normalized spacial score (nSPS) is 12.6. The van der Waals surface area contributed by atoms with Crippen LogP contribution < -0.4 is 10.6 Å². The first-order chi connectivity index (χ1) is 15.5. The monoisotopic (exact) mass is 466 g/mol. The first-order valence-corrected chi connectivity index (χ1v) is 11.4. The molecule has 0 saturated heterocycles. The van der Waals surface area contributed by atoms with E-state index < -0.39 is 24.3 Å². The second kappa shape index (κ2) is 9.33. The van der Waals surface area contributed by atoms with Crippen molar-refractivity contribution >= 4 is 51.7 Å². The lowest BCUT2D eigenvalue weighted by Crippen LogP contribution is -2.37. The average molecular weight is 467 g/mol. The number of fused-ring (bicyclic) bond motifs is 1. The van der Waals surface area contributed by atoms with Gasteiger partial charge in [-0.2, -0.15) is 0 Å². The van der Waals surface area contributed by atoms with Crippen LogP contribution in [0.5, 0.6) is 0 Å². The van der Waals surface area contributed by atoms with Crippen LogP contribution in [0.1, 0.15) is 20.7 Å². The number of rotatable bonds is 7. The summed E-state index contributed by atoms with van der Waals surface area (Å²) in [7, 11) is 1.56. The molecule has 8 nitrogen and oxygen atoms in total. The molecule has 4 amide bonds. The van der Waals surface area contributed by atoms with Gasteiger partial charge in [0.1, 0.15) is 17.2 Å². The molecule has 0 fully saturated rings. The van der Waals surface area contributed by atoms with E-state index in [-0.39, 0.29) is 11.7 Å². The van der Waals surface area contributed by atoms with E-state index in [4.69, 9.17) is 0 Å². The summed E-state index contributed by atoms with van der Waals surface area (Å²) in [6.45, 7) is -0.404. The average Bonchev–Trinajstić information content (AvgIpc) is 3.32. The van der Waals surface area contributed by atoms with Crippen LogP contribution in [0.15, 0.2) is 58.9 Å². The molecule has 0 spiro atoms. The van der Waals surface area contributed by atoms with Gasteiger partial charge in [0.25, 0.3) is 11.8 Å². The topological polar surface area (TPSA) is 108 Å². The number of thiazole rings is 1. The van der Waals surface area contributed by atoms with Crippen molar-refractivity contribution in [3.8, 4) is 11.3 Å². The van der Waals surface area contributed by atoms with Gasteiger partial charge >= 0.3 is 0 Å². The van der Waals surface area contributed by atoms with E-state index in [1.165, 1.54) is 23.1 Å². The van der Waals surface area contributed by atoms with E-state index in [1.807, 2.05) is 30.3 Å². The molecule has 3 aromatic rings. The second-order valence-corrected chi connectivity index (χ2v) is 9.00. The Hall–Kier alpha value is -3.50. The van der Waals surface area contributed by atoms with Gasteiger partial charge in [-0.05, 0) is 12.1 Å². The number of nitrogens with zero attached hydrogens (tertiary/aromatic N) is 2. The highest BCUT2D eigenvalue weighted by atomic mass is 32.2. The van der Waals surface area contributed by atoms with Crippen molar-refractivity contribution in [2.45, 2.75) is 4.34 Å². The Labute approximate surface area is 192 Å². The van der Waals surface area contributed by atoms with Crippen molar-refractivity contribution in [1.82, 2.24) is 15.2 Å². The Morgan fingerprint density at radius 1 is 0.969 bits per heavy atom. The number of carbonyl (C=O) groups is 4. The Balaban J connectivity index is 1.53. The molecule has 2 heterocycles. The largest absolute Gasteiger partial charge is 0.358 e. The molecule has 4 rings (SSSR count). The number of aromatic nitrogens is 1. The summed E-state index contributed by atoms with van der Waals surface area (Å²) in [5.41, 5.74) is 1.94. The molecule has 162 valence electrons. The molecule has 2 aromatic carbocycles. The lowest BCUT2D eigenvalue weighted by atomic mass is 10.1. The van der Waals surface area contributed by atoms with Gasteiger partial charge in [-0.1, -0.05) is 65.6 Å². The zero-order valence-corrected chi connectivity index (χ0v) is 18.6. The predicted octanol–water partition coefficient (Wildman–Crippen LogP) is 2.88. The van der Waals surface area contributed by atoms with Crippen molar-refractivity contribution in [2.24, 2.45) is 0 Å². The predicted molar refractivity (Wildman–Crippen MR) is 123 cm³/mol. The molecule has 10 heteroatoms. The lowest BCUT2D eigenvalue weighted by Gasteiger charge is -2.13. The van der Waals surface area contributed by atoms with E-state index in [0.29, 0.717) is 26.2 Å². The number of hydrogen-bond donors (Lipinski definition) is 2. The molecule has 0 radical (unpaired) electrons. The first kappa shape index (κ1) is 21.7. The van der Waals surface area contributed by atoms with Gasteiger partial charge < -0.3 is 10.6 Å². The molecule has 0 aliphatic carbocycles. The molecule has 2 N–H and O–H groups in total. The number of thioether (sulfide) groups is 1. The highest BCUT2D eigenvalue weighted by Crippen LogP contribution is 2.37. The molecule has 1 aliphatic heterocycles. The van der Waals surface area contributed by atoms with Crippen molar-refractivity contribution < 1.29 is 19.2 Å². The number of anilines is 1. The van der Waals surface area contributed by atoms with Gasteiger partial charge in [-0.15, -0.1) is 0 Å². The van der Waals surface area contributed by atoms with Crippen LogP contribution in [0, 0.1) is 0 Å². The maximum absolute atomic E-state index is 12.8. The van der Waals surface area contributed by atoms with Crippen LogP contribution in [0.4, 0.5) is 5.00 Å². The zero-order chi connectivity index (χ0) is 22.7. The number of nitrogens with one attached hydrogen (secondary N) is 2. The van der Waals surface area contributed by atoms with Gasteiger partial charge in [-0.3, -0.25) is 24.1 Å². The lowest BCUT2D eigenvalue weighted by molar-refractivity contribution is -0.118. The number of carbonyl (C=O) groups excluding carboxylic acids is 4. The molecule has 1 aromatic heterocycles. The van der Waals surface area contributed by atoms with Crippen molar-refractivity contribution in [1.29, 1.82) is 0 Å². The van der Waals surface area contributed by atoms with Crippen molar-refractivity contribution in [3.63, 3.8) is 0 Å². The van der Waals surface area contributed by atoms with Gasteiger partial charge in [-0.25, -0.2) is 4.98 Å². The third-order valence-electron chi connectivity index (χ3n) is 4.69. The summed E-state index contributed by atoms with van der Waals surface area (Å²) in [4.78, 5) is 54.9. The summed E-state index contributed by atoms with van der Waals surface area (Å²) in [6.07, 6.45) is 0. The van der Waals surface area contributed by atoms with Crippen LogP contribution in [0.3, 0.4) is 0 Å². The Kier molecular flexibility index (Phi) is 6.33. The van der Waals surface area contributed by atoms with E-state index >= 15 is 0 Å². The minimum atomic E-state index is -0.511. The zero-order valence-electron chi connectivity index (χ0n) is 17.0. The van der Waals surface area contributed by atoms with E-state index in [1.54, 1.807) is 31.3 Å². The number of imide groups is 1. The molecule has 1 aliphatic rings. The minimum absolute atomic E-state index is 0.136. The van der Waals surface area contributed by atoms with Crippen molar-refractivity contribution in [2.75, 3.05) is 24.7 Å². The summed E-state index contributed by atoms with van der Waals surface area (Å²) in [6, 6.07) is 15.8. The summed E-state index contributed by atoms with van der Waals surface area (Å²) < 4.78 is 0.614. The minimum Gasteiger partial charge on any atom is -0.358 e. The molecular weight excluding hydrogens is 448 g/mol. The fourth-order valence-electron chi connectivity index (χ4n) is 3.13. The first-order valence-electron chi connectivity index (χ1n) is 9.62. The molecule has 0 bridgehead atoms. The number of hydrogen-bond acceptors (Lipinski definition) is 7. The van der Waals surface area contributed by atoms with Crippen LogP contribution in [-0.4, -0.2) is 52.9 Å². The van der Waals surface area contributed by atoms with E-state index in [9.17, 15) is 19.2 Å². The standard InChI is InChI=1S/C22H18N4O4S2/c1-23-17(28)12-31-22-25-18(13-7-3-2-4-8-13)19(32-22)24-16(27)11-26-20(29)14-9-5-6-10-15(14)21(26)30/h2-10H,11-12H2,1H3,(H,23,28)(H,24,27). The van der Waals surface area contributed by atoms with Crippen LogP contribution in [-0.2, 0) is 9.59 Å². The summed E-state index contributed by atoms with van der Waals surface area (Å²) >= 11 is 2.49. The molecule has 0 atom stereocenters. The fraction of sp³-hybridized carbons (Fsp3) is 0.136. The van der Waals surface area contributed by atoms with Gasteiger partial charge in [0.15, 0.2) is 4.34 Å². The highest BCUT2D eigenvalue weighted by molar-refractivity contribution is 8.01. The highest BCUT2D eigenvalue weighted by Gasteiger charge is 2.36. The van der Waals surface area contributed by atoms with E-state index in [2.05, 4.69) is 15.6 Å². The SMILES string of the molecule is CNC(=O)CSc1nc(-c2ccccc2)c(NC(=O)CN2C(=O)c3ccccc3C2=O)s1. The second-order valence-electron chi connectivity index (χ2n) is 6.78. The number of benzene rings is 2. The molecule has 32 heavy (non-hydrogen) atoms. The Bertz CT molecular complexity index is 1170. The van der Waals surface area contributed by atoms with Gasteiger partial charge in [0.2, 0.25) is 11.8 Å². The Morgan fingerprint density at radius 2 is 1.59 bits per heavy atom. The third-order valence-corrected chi connectivity index (χ3v) is 6.81. The summed E-state index contributed by atoms with van der Waals surface area (Å²) in [5, 5.41) is 5.82. The number of amides is 4. The summed E-state index contributed by atoms with van der Waals surface area (Å²) in [5.74, 6) is -1.43. The molecule has 0 saturated carbocycles. The third kappa shape index (κ3) is 4.41. The fourth-order valence-corrected chi connectivity index (χ4v) is 5.08. The van der Waals surface area contributed by atoms with E-state index in [0.717, 1.165) is 10.5 Å². The van der Waals surface area contributed by atoms with Crippen LogP contribution in [0.2, 0.25) is 0 Å². The molecule has 0 unspecified atom stereocenters. The maximum atomic E-state index is 12.8. The quantitative estimate of drug-likeness (QED) is 0.409. The molecular formula is C22H18N4O4S2. The maximum Gasteiger partial charge on any atom is 0.262 e. The van der Waals surface area contributed by atoms with Crippen molar-refractivity contribution in [3.05, 3.63) is 65.7 Å².